The largest absolute Gasteiger partial charge is 0.0616 e. The van der Waals surface area contributed by atoms with E-state index in [1.807, 2.05) is 0 Å². The van der Waals surface area contributed by atoms with Crippen LogP contribution >= 0.6 is 0 Å². The van der Waals surface area contributed by atoms with Crippen molar-refractivity contribution in [3.05, 3.63) is 170 Å². The summed E-state index contributed by atoms with van der Waals surface area (Å²) in [5, 5.41) is 18.0. The molecule has 0 aliphatic heterocycles. The Morgan fingerprint density at radius 2 is 0.587 bits per heavy atom. The lowest BCUT2D eigenvalue weighted by Gasteiger charge is -2.15. The van der Waals surface area contributed by atoms with Gasteiger partial charge in [-0.05, 0) is 122 Å². The smallest absolute Gasteiger partial charge is 0.00206 e. The first-order valence-corrected chi connectivity index (χ1v) is 16.0. The molecule has 0 radical (unpaired) electrons. The minimum Gasteiger partial charge on any atom is -0.0616 e. The minimum absolute atomic E-state index is 1.24. The van der Waals surface area contributed by atoms with Crippen molar-refractivity contribution >= 4 is 75.4 Å². The number of rotatable bonds is 2. The fraction of sp³-hybridized carbons (Fsp3) is 0. The van der Waals surface area contributed by atoms with Crippen LogP contribution in [0.1, 0.15) is 0 Å². The van der Waals surface area contributed by atoms with Gasteiger partial charge in [-0.1, -0.05) is 146 Å². The van der Waals surface area contributed by atoms with Crippen molar-refractivity contribution in [3.8, 4) is 22.3 Å². The van der Waals surface area contributed by atoms with Crippen LogP contribution in [-0.4, -0.2) is 0 Å². The molecule has 0 aliphatic carbocycles. The molecule has 10 aromatic rings. The maximum absolute atomic E-state index is 2.39. The van der Waals surface area contributed by atoms with Crippen LogP contribution in [0.2, 0.25) is 0 Å². The third-order valence-corrected chi connectivity index (χ3v) is 9.96. The van der Waals surface area contributed by atoms with Gasteiger partial charge in [-0.3, -0.25) is 0 Å². The van der Waals surface area contributed by atoms with Gasteiger partial charge < -0.3 is 0 Å². The molecular weight excluding hydrogens is 553 g/mol. The predicted octanol–water partition coefficient (Wildman–Crippen LogP) is 13.1. The van der Waals surface area contributed by atoms with Crippen molar-refractivity contribution in [1.82, 2.24) is 0 Å². The van der Waals surface area contributed by atoms with Gasteiger partial charge in [0.1, 0.15) is 0 Å². The molecule has 0 unspecified atom stereocenters. The molecule has 10 rings (SSSR count). The van der Waals surface area contributed by atoms with Crippen molar-refractivity contribution in [3.63, 3.8) is 0 Å². The molecule has 0 N–H and O–H groups in total. The molecule has 0 amide bonds. The van der Waals surface area contributed by atoms with Crippen molar-refractivity contribution < 1.29 is 0 Å². The number of fused-ring (bicyclic) bond motifs is 11. The summed E-state index contributed by atoms with van der Waals surface area (Å²) in [6.07, 6.45) is 0. The Morgan fingerprint density at radius 1 is 0.217 bits per heavy atom. The molecule has 0 aromatic heterocycles. The van der Waals surface area contributed by atoms with Gasteiger partial charge in [-0.25, -0.2) is 0 Å². The Morgan fingerprint density at radius 3 is 1.04 bits per heavy atom. The van der Waals surface area contributed by atoms with E-state index >= 15 is 0 Å². The van der Waals surface area contributed by atoms with Crippen LogP contribution in [0.3, 0.4) is 0 Å². The van der Waals surface area contributed by atoms with E-state index in [0.29, 0.717) is 0 Å². The molecule has 0 heterocycles. The normalized spacial score (nSPS) is 11.9. The van der Waals surface area contributed by atoms with E-state index in [4.69, 9.17) is 0 Å². The van der Waals surface area contributed by atoms with E-state index in [2.05, 4.69) is 170 Å². The highest BCUT2D eigenvalue weighted by Crippen LogP contribution is 2.42. The third kappa shape index (κ3) is 3.74. The quantitative estimate of drug-likeness (QED) is 0.178. The first-order valence-electron chi connectivity index (χ1n) is 16.0. The Labute approximate surface area is 266 Å². The highest BCUT2D eigenvalue weighted by atomic mass is 14.2. The van der Waals surface area contributed by atoms with Crippen LogP contribution in [0.4, 0.5) is 0 Å². The minimum atomic E-state index is 1.24. The summed E-state index contributed by atoms with van der Waals surface area (Å²) in [6, 6.07) is 62.9. The van der Waals surface area contributed by atoms with Crippen molar-refractivity contribution in [2.24, 2.45) is 0 Å². The Balaban J connectivity index is 1.23. The van der Waals surface area contributed by atoms with E-state index in [0.717, 1.165) is 0 Å². The summed E-state index contributed by atoms with van der Waals surface area (Å²) in [5.74, 6) is 0. The van der Waals surface area contributed by atoms with Gasteiger partial charge in [-0.2, -0.15) is 0 Å². The van der Waals surface area contributed by atoms with E-state index < -0.39 is 0 Å². The molecule has 0 aliphatic rings. The highest BCUT2D eigenvalue weighted by Gasteiger charge is 2.14. The lowest BCUT2D eigenvalue weighted by Crippen LogP contribution is -1.88. The maximum atomic E-state index is 2.39. The summed E-state index contributed by atoms with van der Waals surface area (Å²) in [7, 11) is 0. The van der Waals surface area contributed by atoms with E-state index in [-0.39, 0.29) is 0 Å². The monoisotopic (exact) mass is 580 g/mol. The second-order valence-corrected chi connectivity index (χ2v) is 12.5. The summed E-state index contributed by atoms with van der Waals surface area (Å²) in [4.78, 5) is 0. The van der Waals surface area contributed by atoms with Crippen molar-refractivity contribution in [2.45, 2.75) is 0 Å². The van der Waals surface area contributed by atoms with Gasteiger partial charge in [0.2, 0.25) is 0 Å². The van der Waals surface area contributed by atoms with E-state index in [1.54, 1.807) is 0 Å². The van der Waals surface area contributed by atoms with E-state index in [1.165, 1.54) is 97.7 Å². The molecular formula is C46H28. The SMILES string of the molecule is c1ccc2c(c1)ccc1c(-c3ccc4ccc(-c5cc6ccccc6c6c5ccc5ccccc56)cc4c3)cc3ccccc3c12. The average Bonchev–Trinajstić information content (AvgIpc) is 3.13. The molecule has 212 valence electrons. The summed E-state index contributed by atoms with van der Waals surface area (Å²) >= 11 is 0. The van der Waals surface area contributed by atoms with Crippen LogP contribution < -0.4 is 0 Å². The summed E-state index contributed by atoms with van der Waals surface area (Å²) < 4.78 is 0. The zero-order valence-electron chi connectivity index (χ0n) is 25.2. The van der Waals surface area contributed by atoms with Gasteiger partial charge in [0.05, 0.1) is 0 Å². The molecule has 0 bridgehead atoms. The predicted molar refractivity (Wildman–Crippen MR) is 200 cm³/mol. The molecule has 0 atom stereocenters. The average molecular weight is 581 g/mol. The van der Waals surface area contributed by atoms with E-state index in [9.17, 15) is 0 Å². The topological polar surface area (TPSA) is 0 Å². The number of benzene rings is 10. The molecule has 46 heavy (non-hydrogen) atoms. The van der Waals surface area contributed by atoms with Gasteiger partial charge in [0.15, 0.2) is 0 Å². The lowest BCUT2D eigenvalue weighted by molar-refractivity contribution is 1.68. The van der Waals surface area contributed by atoms with Crippen molar-refractivity contribution in [1.29, 1.82) is 0 Å². The zero-order valence-corrected chi connectivity index (χ0v) is 25.2. The molecule has 0 fully saturated rings. The highest BCUT2D eigenvalue weighted by molar-refractivity contribution is 6.25. The van der Waals surface area contributed by atoms with Crippen molar-refractivity contribution in [2.75, 3.05) is 0 Å². The first-order chi connectivity index (χ1) is 22.8. The van der Waals surface area contributed by atoms with Gasteiger partial charge in [0.25, 0.3) is 0 Å². The van der Waals surface area contributed by atoms with Crippen LogP contribution in [0.15, 0.2) is 170 Å². The summed E-state index contributed by atoms with van der Waals surface area (Å²) in [6.45, 7) is 0. The molecule has 10 aromatic carbocycles. The molecule has 0 saturated carbocycles. The maximum Gasteiger partial charge on any atom is -0.00206 e. The Hall–Kier alpha value is -5.98. The Bertz CT molecular complexity index is 2630. The van der Waals surface area contributed by atoms with Crippen LogP contribution in [0.5, 0.6) is 0 Å². The molecule has 0 saturated heterocycles. The van der Waals surface area contributed by atoms with Gasteiger partial charge in [-0.15, -0.1) is 0 Å². The molecule has 0 spiro atoms. The molecule has 0 nitrogen and oxygen atoms in total. The number of hydrogen-bond acceptors (Lipinski definition) is 0. The van der Waals surface area contributed by atoms with Gasteiger partial charge in [0, 0.05) is 0 Å². The van der Waals surface area contributed by atoms with Crippen LogP contribution in [0, 0.1) is 0 Å². The second kappa shape index (κ2) is 9.76. The van der Waals surface area contributed by atoms with Crippen LogP contribution in [-0.2, 0) is 0 Å². The zero-order chi connectivity index (χ0) is 30.2. The lowest BCUT2D eigenvalue weighted by atomic mass is 9.88. The summed E-state index contributed by atoms with van der Waals surface area (Å²) in [5.41, 5.74) is 5.03. The Kier molecular flexibility index (Phi) is 5.38. The number of hydrogen-bond donors (Lipinski definition) is 0. The van der Waals surface area contributed by atoms with Crippen LogP contribution in [0.25, 0.3) is 97.7 Å². The fourth-order valence-electron chi connectivity index (χ4n) is 7.80. The first kappa shape index (κ1) is 25.4. The second-order valence-electron chi connectivity index (χ2n) is 12.5. The third-order valence-electron chi connectivity index (χ3n) is 9.96. The van der Waals surface area contributed by atoms with Gasteiger partial charge >= 0.3 is 0 Å². The standard InChI is InChI=1S/C46H28/c1-5-13-37-30(9-1)21-23-41-43(27-32-11-3-7-15-39(32)45(37)41)34-19-17-29-18-20-35(26-36(29)25-34)44-28-33-12-4-8-16-40(33)46-38-14-6-2-10-31(38)22-24-42(44)46/h1-28H. The molecule has 0 heteroatoms. The fourth-order valence-corrected chi connectivity index (χ4v) is 7.80.